The third-order valence-electron chi connectivity index (χ3n) is 2.66. The van der Waals surface area contributed by atoms with E-state index in [1.54, 1.807) is 0 Å². The van der Waals surface area contributed by atoms with E-state index in [2.05, 4.69) is 27.7 Å². The van der Waals surface area contributed by atoms with Crippen molar-refractivity contribution in [2.75, 3.05) is 0 Å². The Morgan fingerprint density at radius 3 is 0.387 bits per heavy atom. The van der Waals surface area contributed by atoms with Gasteiger partial charge < -0.3 is 0 Å². The van der Waals surface area contributed by atoms with E-state index in [4.69, 9.17) is 0 Å². The monoisotopic (exact) mass is 455 g/mol. The van der Waals surface area contributed by atoms with Crippen LogP contribution in [-0.4, -0.2) is 0 Å². The SMILES string of the molecule is CC.CC.CC.CC.CC.CC.CC.CC.CCCCCCC.CCCCCCCC. The van der Waals surface area contributed by atoms with Crippen molar-refractivity contribution in [2.45, 2.75) is 209 Å². The minimum atomic E-state index is 1.36. The summed E-state index contributed by atoms with van der Waals surface area (Å²) in [7, 11) is 0. The van der Waals surface area contributed by atoms with Gasteiger partial charge >= 0.3 is 0 Å². The average molecular weight is 455 g/mol. The fourth-order valence-electron chi connectivity index (χ4n) is 1.53. The summed E-state index contributed by atoms with van der Waals surface area (Å²) in [5.74, 6) is 0. The average Bonchev–Trinajstić information content (AvgIpc) is 2.92. The molecule has 0 N–H and O–H groups in total. The van der Waals surface area contributed by atoms with Gasteiger partial charge in [0.1, 0.15) is 0 Å². The second kappa shape index (κ2) is 209. The van der Waals surface area contributed by atoms with E-state index < -0.39 is 0 Å². The first-order chi connectivity index (χ1) is 15.3. The van der Waals surface area contributed by atoms with Crippen molar-refractivity contribution in [3.05, 3.63) is 0 Å². The fourth-order valence-corrected chi connectivity index (χ4v) is 1.53. The largest absolute Gasteiger partial charge is 0.0683 e. The van der Waals surface area contributed by atoms with Crippen LogP contribution in [0.2, 0.25) is 0 Å². The number of hydrogen-bond donors (Lipinski definition) is 0. The molecule has 0 aliphatic carbocycles. The number of rotatable bonds is 9. The molecule has 0 saturated heterocycles. The summed E-state index contributed by atoms with van der Waals surface area (Å²) in [5.41, 5.74) is 0. The minimum Gasteiger partial charge on any atom is -0.0683 e. The van der Waals surface area contributed by atoms with Crippen molar-refractivity contribution in [1.82, 2.24) is 0 Å². The third-order valence-corrected chi connectivity index (χ3v) is 2.66. The highest BCUT2D eigenvalue weighted by Crippen LogP contribution is 2.03. The van der Waals surface area contributed by atoms with Crippen LogP contribution in [0.1, 0.15) is 209 Å². The molecule has 0 rings (SSSR count). The molecular weight excluding hydrogens is 372 g/mol. The first-order valence-corrected chi connectivity index (χ1v) is 15.3. The van der Waals surface area contributed by atoms with Crippen LogP contribution in [0.15, 0.2) is 0 Å². The zero-order chi connectivity index (χ0) is 27.8. The highest BCUT2D eigenvalue weighted by molar-refractivity contribution is 4.39. The molecule has 0 atom stereocenters. The van der Waals surface area contributed by atoms with Gasteiger partial charge in [0.25, 0.3) is 0 Å². The van der Waals surface area contributed by atoms with Crippen LogP contribution in [-0.2, 0) is 0 Å². The maximum atomic E-state index is 2.26. The van der Waals surface area contributed by atoms with Crippen molar-refractivity contribution >= 4 is 0 Å². The van der Waals surface area contributed by atoms with Crippen molar-refractivity contribution in [2.24, 2.45) is 0 Å². The molecule has 0 heteroatoms. The van der Waals surface area contributed by atoms with Crippen LogP contribution < -0.4 is 0 Å². The molecule has 0 unspecified atom stereocenters. The Hall–Kier alpha value is 0. The van der Waals surface area contributed by atoms with E-state index in [0.29, 0.717) is 0 Å². The van der Waals surface area contributed by atoms with Gasteiger partial charge in [0.2, 0.25) is 0 Å². The van der Waals surface area contributed by atoms with Gasteiger partial charge in [-0.25, -0.2) is 0 Å². The lowest BCUT2D eigenvalue weighted by Crippen LogP contribution is -1.73. The van der Waals surface area contributed by atoms with Crippen molar-refractivity contribution < 1.29 is 0 Å². The van der Waals surface area contributed by atoms with Gasteiger partial charge in [-0.05, 0) is 0 Å². The van der Waals surface area contributed by atoms with Crippen LogP contribution in [0.3, 0.4) is 0 Å². The quantitative estimate of drug-likeness (QED) is 0.304. The molecule has 0 aromatic heterocycles. The first-order valence-electron chi connectivity index (χ1n) is 15.3. The molecule has 206 valence electrons. The Balaban J connectivity index is -0.0000000218. The van der Waals surface area contributed by atoms with Crippen LogP contribution in [0.4, 0.5) is 0 Å². The molecular formula is C31H82. The highest BCUT2D eigenvalue weighted by Gasteiger charge is 1.83. The first kappa shape index (κ1) is 63.3. The van der Waals surface area contributed by atoms with Crippen LogP contribution in [0.5, 0.6) is 0 Å². The van der Waals surface area contributed by atoms with Gasteiger partial charge in [-0.15, -0.1) is 0 Å². The summed E-state index contributed by atoms with van der Waals surface area (Å²) < 4.78 is 0. The maximum Gasteiger partial charge on any atom is -0.0533 e. The van der Waals surface area contributed by atoms with Crippen LogP contribution in [0, 0.1) is 0 Å². The van der Waals surface area contributed by atoms with Crippen molar-refractivity contribution in [1.29, 1.82) is 0 Å². The highest BCUT2D eigenvalue weighted by atomic mass is 13.9. The van der Waals surface area contributed by atoms with E-state index in [0.717, 1.165) is 0 Å². The second-order valence-electron chi connectivity index (χ2n) is 4.47. The summed E-state index contributed by atoms with van der Waals surface area (Å²) in [5, 5.41) is 0. The summed E-state index contributed by atoms with van der Waals surface area (Å²) in [6.07, 6.45) is 15.5. The Kier molecular flexibility index (Phi) is 426. The van der Waals surface area contributed by atoms with Gasteiger partial charge in [-0.2, -0.15) is 0 Å². The Morgan fingerprint density at radius 1 is 0.194 bits per heavy atom. The van der Waals surface area contributed by atoms with Gasteiger partial charge in [0.15, 0.2) is 0 Å². The topological polar surface area (TPSA) is 0 Å². The summed E-state index contributed by atoms with van der Waals surface area (Å²) >= 11 is 0. The predicted molar refractivity (Wildman–Crippen MR) is 164 cm³/mol. The molecule has 0 amide bonds. The number of hydrogen-bond acceptors (Lipinski definition) is 0. The van der Waals surface area contributed by atoms with Crippen LogP contribution >= 0.6 is 0 Å². The minimum absolute atomic E-state index is 1.36. The fraction of sp³-hybridized carbons (Fsp3) is 1.00. The predicted octanol–water partition coefficient (Wildman–Crippen LogP) is 14.6. The molecule has 0 radical (unpaired) electrons. The van der Waals surface area contributed by atoms with Crippen molar-refractivity contribution in [3.63, 3.8) is 0 Å². The Bertz CT molecular complexity index is 66.1. The molecule has 0 aliphatic rings. The normalized spacial score (nSPS) is 6.19. The smallest absolute Gasteiger partial charge is 0.0533 e. The Labute approximate surface area is 209 Å². The zero-order valence-corrected chi connectivity index (χ0v) is 27.8. The second-order valence-corrected chi connectivity index (χ2v) is 4.47. The molecule has 0 saturated carbocycles. The summed E-state index contributed by atoms with van der Waals surface area (Å²) in [6.45, 7) is 41.0. The molecule has 0 nitrogen and oxygen atoms in total. The van der Waals surface area contributed by atoms with E-state index >= 15 is 0 Å². The molecule has 0 aliphatic heterocycles. The lowest BCUT2D eigenvalue weighted by Gasteiger charge is -1.93. The maximum absolute atomic E-state index is 2.26. The molecule has 31 heavy (non-hydrogen) atoms. The third kappa shape index (κ3) is 290. The lowest BCUT2D eigenvalue weighted by atomic mass is 10.1. The van der Waals surface area contributed by atoms with Gasteiger partial charge in [0.05, 0.1) is 0 Å². The standard InChI is InChI=1S/C8H18.C7H16.8C2H6/c1-3-5-7-8-6-4-2;1-3-5-7-6-4-2;8*1-2/h3-8H2,1-2H3;3-7H2,1-2H3;8*1-2H3. The van der Waals surface area contributed by atoms with E-state index in [1.807, 2.05) is 111 Å². The van der Waals surface area contributed by atoms with E-state index in [1.165, 1.54) is 70.6 Å². The number of unbranched alkanes of at least 4 members (excludes halogenated alkanes) is 9. The molecule has 0 spiro atoms. The lowest BCUT2D eigenvalue weighted by molar-refractivity contribution is 0.624. The van der Waals surface area contributed by atoms with Gasteiger partial charge in [-0.1, -0.05) is 209 Å². The zero-order valence-electron chi connectivity index (χ0n) is 27.8. The van der Waals surface area contributed by atoms with Gasteiger partial charge in [0, 0.05) is 0 Å². The summed E-state index contributed by atoms with van der Waals surface area (Å²) in [6, 6.07) is 0. The molecule has 0 heterocycles. The van der Waals surface area contributed by atoms with E-state index in [9.17, 15) is 0 Å². The Morgan fingerprint density at radius 2 is 0.290 bits per heavy atom. The van der Waals surface area contributed by atoms with Crippen LogP contribution in [0.25, 0.3) is 0 Å². The van der Waals surface area contributed by atoms with E-state index in [-0.39, 0.29) is 0 Å². The molecule has 0 bridgehead atoms. The molecule has 0 fully saturated rings. The molecule has 0 aromatic rings. The van der Waals surface area contributed by atoms with Crippen molar-refractivity contribution in [3.8, 4) is 0 Å². The van der Waals surface area contributed by atoms with Gasteiger partial charge in [-0.3, -0.25) is 0 Å². The summed E-state index contributed by atoms with van der Waals surface area (Å²) in [4.78, 5) is 0. The molecule has 0 aromatic carbocycles.